The summed E-state index contributed by atoms with van der Waals surface area (Å²) in [6.45, 7) is 5.65. The molecule has 2 aliphatic heterocycles. The monoisotopic (exact) mass is 360 g/mol. The number of benzene rings is 1. The average molecular weight is 360 g/mol. The van der Waals surface area contributed by atoms with Crippen molar-refractivity contribution in [2.75, 3.05) is 13.7 Å². The fourth-order valence-electron chi connectivity index (χ4n) is 2.97. The summed E-state index contributed by atoms with van der Waals surface area (Å²) in [6, 6.07) is 6.81. The highest BCUT2D eigenvalue weighted by Gasteiger charge is 2.46. The van der Waals surface area contributed by atoms with E-state index in [1.807, 2.05) is 31.2 Å². The number of carbonyl (C=O) groups is 2. The summed E-state index contributed by atoms with van der Waals surface area (Å²) in [5, 5.41) is 0.401. The van der Waals surface area contributed by atoms with Gasteiger partial charge in [0.1, 0.15) is 5.75 Å². The second-order valence-corrected chi connectivity index (χ2v) is 7.07. The summed E-state index contributed by atoms with van der Waals surface area (Å²) >= 11 is 1.41. The van der Waals surface area contributed by atoms with Gasteiger partial charge in [-0.1, -0.05) is 23.9 Å². The van der Waals surface area contributed by atoms with Crippen molar-refractivity contribution in [2.24, 2.45) is 4.99 Å². The van der Waals surface area contributed by atoms with Crippen LogP contribution in [0.5, 0.6) is 5.75 Å². The molecule has 0 bridgehead atoms. The maximum atomic E-state index is 12.7. The zero-order valence-electron chi connectivity index (χ0n) is 14.6. The van der Waals surface area contributed by atoms with Crippen LogP contribution in [0, 0.1) is 0 Å². The van der Waals surface area contributed by atoms with Crippen LogP contribution in [-0.4, -0.2) is 40.9 Å². The molecule has 6 nitrogen and oxygen atoms in total. The molecule has 1 aromatic carbocycles. The van der Waals surface area contributed by atoms with Gasteiger partial charge in [0.25, 0.3) is 0 Å². The summed E-state index contributed by atoms with van der Waals surface area (Å²) < 4.78 is 10.4. The van der Waals surface area contributed by atoms with E-state index < -0.39 is 12.0 Å². The number of aliphatic imine (C=N–C) groups is 1. The number of fused-ring (bicyclic) bond motifs is 1. The van der Waals surface area contributed by atoms with Crippen molar-refractivity contribution in [3.05, 3.63) is 41.1 Å². The van der Waals surface area contributed by atoms with Crippen LogP contribution in [0.15, 0.2) is 40.5 Å². The van der Waals surface area contributed by atoms with Crippen LogP contribution in [0.4, 0.5) is 0 Å². The first-order valence-electron chi connectivity index (χ1n) is 8.08. The number of carbonyl (C=O) groups excluding carboxylic acids is 2. The molecule has 0 spiro atoms. The first kappa shape index (κ1) is 17.5. The quantitative estimate of drug-likeness (QED) is 0.772. The molecule has 132 valence electrons. The molecule has 2 heterocycles. The van der Waals surface area contributed by atoms with Crippen LogP contribution < -0.4 is 4.74 Å². The van der Waals surface area contributed by atoms with Crippen LogP contribution in [0.1, 0.15) is 32.4 Å². The standard InChI is InChI=1S/C18H20N2O4S/c1-5-24-17(22)14-10(2)19-18-20(16(21)11(3)25-18)15(14)12-6-8-13(23-4)9-7-12/h6-9,11,15H,5H2,1-4H3. The molecule has 0 saturated carbocycles. The number of hydrogen-bond acceptors (Lipinski definition) is 6. The Bertz CT molecular complexity index is 770. The van der Waals surface area contributed by atoms with Gasteiger partial charge < -0.3 is 9.47 Å². The van der Waals surface area contributed by atoms with Gasteiger partial charge in [-0.05, 0) is 38.5 Å². The Morgan fingerprint density at radius 1 is 1.32 bits per heavy atom. The van der Waals surface area contributed by atoms with Gasteiger partial charge in [-0.15, -0.1) is 0 Å². The van der Waals surface area contributed by atoms with E-state index in [0.717, 1.165) is 5.56 Å². The molecule has 7 heteroatoms. The molecule has 2 aliphatic rings. The van der Waals surface area contributed by atoms with E-state index >= 15 is 0 Å². The number of ether oxygens (including phenoxy) is 2. The molecule has 3 rings (SSSR count). The Labute approximate surface area is 150 Å². The van der Waals surface area contributed by atoms with Gasteiger partial charge in [-0.2, -0.15) is 0 Å². The number of esters is 1. The van der Waals surface area contributed by atoms with Crippen molar-refractivity contribution >= 4 is 28.8 Å². The van der Waals surface area contributed by atoms with Crippen LogP contribution in [0.2, 0.25) is 0 Å². The number of amidine groups is 1. The Morgan fingerprint density at radius 2 is 2.00 bits per heavy atom. The van der Waals surface area contributed by atoms with Crippen LogP contribution >= 0.6 is 11.8 Å². The number of thioether (sulfide) groups is 1. The summed E-state index contributed by atoms with van der Waals surface area (Å²) in [5.41, 5.74) is 1.80. The lowest BCUT2D eigenvalue weighted by Crippen LogP contribution is -2.40. The molecule has 1 aromatic rings. The third-order valence-corrected chi connectivity index (χ3v) is 5.24. The molecule has 1 fully saturated rings. The number of hydrogen-bond donors (Lipinski definition) is 0. The van der Waals surface area contributed by atoms with E-state index in [1.165, 1.54) is 11.8 Å². The molecular formula is C18H20N2O4S. The topological polar surface area (TPSA) is 68.2 Å². The van der Waals surface area contributed by atoms with E-state index in [2.05, 4.69) is 4.99 Å². The molecule has 0 aliphatic carbocycles. The second kappa shape index (κ2) is 6.92. The summed E-state index contributed by atoms with van der Waals surface area (Å²) in [5.74, 6) is 0.210. The minimum atomic E-state index is -0.539. The Balaban J connectivity index is 2.12. The summed E-state index contributed by atoms with van der Waals surface area (Å²) in [6.07, 6.45) is 0. The second-order valence-electron chi connectivity index (χ2n) is 5.76. The fourth-order valence-corrected chi connectivity index (χ4v) is 4.00. The van der Waals surface area contributed by atoms with E-state index in [-0.39, 0.29) is 17.8 Å². The average Bonchev–Trinajstić information content (AvgIpc) is 2.88. The molecule has 2 atom stereocenters. The van der Waals surface area contributed by atoms with E-state index in [9.17, 15) is 9.59 Å². The molecular weight excluding hydrogens is 340 g/mol. The summed E-state index contributed by atoms with van der Waals surface area (Å²) in [7, 11) is 1.59. The molecule has 0 radical (unpaired) electrons. The lowest BCUT2D eigenvalue weighted by Gasteiger charge is -2.33. The fraction of sp³-hybridized carbons (Fsp3) is 0.389. The molecule has 25 heavy (non-hydrogen) atoms. The first-order chi connectivity index (χ1) is 12.0. The minimum Gasteiger partial charge on any atom is -0.497 e. The zero-order chi connectivity index (χ0) is 18.1. The minimum absolute atomic E-state index is 0.0566. The Kier molecular flexibility index (Phi) is 4.85. The third kappa shape index (κ3) is 3.04. The van der Waals surface area contributed by atoms with Gasteiger partial charge in [0.05, 0.1) is 36.3 Å². The Morgan fingerprint density at radius 3 is 2.60 bits per heavy atom. The van der Waals surface area contributed by atoms with Crippen LogP contribution in [0.3, 0.4) is 0 Å². The first-order valence-corrected chi connectivity index (χ1v) is 8.96. The van der Waals surface area contributed by atoms with E-state index in [1.54, 1.807) is 25.9 Å². The normalized spacial score (nSPS) is 22.6. The molecule has 0 N–H and O–H groups in total. The largest absolute Gasteiger partial charge is 0.497 e. The number of allylic oxidation sites excluding steroid dienone is 1. The van der Waals surface area contributed by atoms with Crippen molar-refractivity contribution in [3.8, 4) is 5.75 Å². The lowest BCUT2D eigenvalue weighted by molar-refractivity contribution is -0.139. The number of amides is 1. The maximum Gasteiger partial charge on any atom is 0.338 e. The number of nitrogens with zero attached hydrogens (tertiary/aromatic N) is 2. The highest BCUT2D eigenvalue weighted by Crippen LogP contribution is 2.43. The van der Waals surface area contributed by atoms with Crippen molar-refractivity contribution in [1.82, 2.24) is 4.90 Å². The van der Waals surface area contributed by atoms with Crippen LogP contribution in [0.25, 0.3) is 0 Å². The van der Waals surface area contributed by atoms with Gasteiger partial charge in [-0.3, -0.25) is 9.69 Å². The van der Waals surface area contributed by atoms with Crippen molar-refractivity contribution in [3.63, 3.8) is 0 Å². The van der Waals surface area contributed by atoms with E-state index in [4.69, 9.17) is 9.47 Å². The van der Waals surface area contributed by atoms with Crippen molar-refractivity contribution in [2.45, 2.75) is 32.1 Å². The van der Waals surface area contributed by atoms with Gasteiger partial charge >= 0.3 is 5.97 Å². The Hall–Kier alpha value is -2.28. The molecule has 1 saturated heterocycles. The highest BCUT2D eigenvalue weighted by molar-refractivity contribution is 8.15. The summed E-state index contributed by atoms with van der Waals surface area (Å²) in [4.78, 5) is 31.4. The van der Waals surface area contributed by atoms with Gasteiger partial charge in [0.2, 0.25) is 5.91 Å². The van der Waals surface area contributed by atoms with Crippen molar-refractivity contribution in [1.29, 1.82) is 0 Å². The molecule has 1 amide bonds. The van der Waals surface area contributed by atoms with Crippen LogP contribution in [-0.2, 0) is 14.3 Å². The lowest BCUT2D eigenvalue weighted by atomic mass is 9.94. The number of methoxy groups -OCH3 is 1. The molecule has 2 unspecified atom stereocenters. The van der Waals surface area contributed by atoms with Gasteiger partial charge in [0.15, 0.2) is 5.17 Å². The van der Waals surface area contributed by atoms with Gasteiger partial charge in [-0.25, -0.2) is 9.79 Å². The highest BCUT2D eigenvalue weighted by atomic mass is 32.2. The molecule has 0 aromatic heterocycles. The van der Waals surface area contributed by atoms with E-state index in [0.29, 0.717) is 22.2 Å². The SMILES string of the molecule is CCOC(=O)C1=C(C)N=C2SC(C)C(=O)N2C1c1ccc(OC)cc1. The smallest absolute Gasteiger partial charge is 0.338 e. The predicted molar refractivity (Wildman–Crippen MR) is 96.4 cm³/mol. The number of rotatable bonds is 4. The third-order valence-electron chi connectivity index (χ3n) is 4.19. The zero-order valence-corrected chi connectivity index (χ0v) is 15.4. The maximum absolute atomic E-state index is 12.7. The van der Waals surface area contributed by atoms with Gasteiger partial charge in [0, 0.05) is 0 Å². The predicted octanol–water partition coefficient (Wildman–Crippen LogP) is 2.91. The van der Waals surface area contributed by atoms with Crippen molar-refractivity contribution < 1.29 is 19.1 Å².